The third-order valence-corrected chi connectivity index (χ3v) is 6.17. The van der Waals surface area contributed by atoms with Crippen LogP contribution in [0.4, 0.5) is 5.95 Å². The molecule has 0 unspecified atom stereocenters. The molecular formula is C28H35N3O4. The highest BCUT2D eigenvalue weighted by molar-refractivity contribution is 5.94. The molecule has 0 bridgehead atoms. The SMILES string of the molecule is CCCC1=C(C(=O)OCC)[C@@H](c2ccc(OCCC(C)C)c(OC)c2)n2c(nc3ccccc32)N1. The lowest BCUT2D eigenvalue weighted by Gasteiger charge is -2.31. The molecule has 35 heavy (non-hydrogen) atoms. The maximum absolute atomic E-state index is 13.4. The number of esters is 1. The second kappa shape index (κ2) is 10.8. The van der Waals surface area contributed by atoms with Gasteiger partial charge in [-0.1, -0.05) is 45.4 Å². The summed E-state index contributed by atoms with van der Waals surface area (Å²) in [5.74, 6) is 2.27. The van der Waals surface area contributed by atoms with Gasteiger partial charge < -0.3 is 19.5 Å². The third-order valence-electron chi connectivity index (χ3n) is 6.17. The summed E-state index contributed by atoms with van der Waals surface area (Å²) >= 11 is 0. The van der Waals surface area contributed by atoms with Crippen molar-refractivity contribution in [3.8, 4) is 11.5 Å². The molecule has 1 aliphatic heterocycles. The molecular weight excluding hydrogens is 442 g/mol. The molecule has 7 nitrogen and oxygen atoms in total. The zero-order valence-electron chi connectivity index (χ0n) is 21.3. The van der Waals surface area contributed by atoms with Crippen molar-refractivity contribution < 1.29 is 19.0 Å². The minimum absolute atomic E-state index is 0.304. The number of allylic oxidation sites excluding steroid dienone is 1. The molecule has 1 aliphatic rings. The minimum atomic E-state index is -0.419. The van der Waals surface area contributed by atoms with Gasteiger partial charge in [0.25, 0.3) is 0 Å². The molecule has 1 aromatic heterocycles. The summed E-state index contributed by atoms with van der Waals surface area (Å²) in [5, 5.41) is 3.43. The Morgan fingerprint density at radius 1 is 1.14 bits per heavy atom. The number of anilines is 1. The number of nitrogens with one attached hydrogen (secondary N) is 1. The van der Waals surface area contributed by atoms with E-state index in [0.29, 0.717) is 48.6 Å². The first-order valence-corrected chi connectivity index (χ1v) is 12.4. The van der Waals surface area contributed by atoms with Crippen molar-refractivity contribution in [2.24, 2.45) is 5.92 Å². The maximum Gasteiger partial charge on any atom is 0.338 e. The molecule has 1 atom stereocenters. The summed E-state index contributed by atoms with van der Waals surface area (Å²) in [6.07, 6.45) is 2.55. The topological polar surface area (TPSA) is 74.6 Å². The summed E-state index contributed by atoms with van der Waals surface area (Å²) in [6, 6.07) is 13.4. The Morgan fingerprint density at radius 2 is 1.94 bits per heavy atom. The van der Waals surface area contributed by atoms with Crippen molar-refractivity contribution in [3.05, 3.63) is 59.3 Å². The van der Waals surface area contributed by atoms with E-state index < -0.39 is 6.04 Å². The number of carbonyl (C=O) groups is 1. The molecule has 0 amide bonds. The van der Waals surface area contributed by atoms with E-state index >= 15 is 0 Å². The van der Waals surface area contributed by atoms with Gasteiger partial charge in [-0.05, 0) is 55.5 Å². The van der Waals surface area contributed by atoms with Crippen LogP contribution in [0.3, 0.4) is 0 Å². The van der Waals surface area contributed by atoms with E-state index in [9.17, 15) is 4.79 Å². The molecule has 7 heteroatoms. The molecule has 2 aromatic carbocycles. The lowest BCUT2D eigenvalue weighted by atomic mass is 9.93. The predicted molar refractivity (Wildman–Crippen MR) is 138 cm³/mol. The van der Waals surface area contributed by atoms with Crippen molar-refractivity contribution >= 4 is 23.0 Å². The van der Waals surface area contributed by atoms with Crippen LogP contribution in [0.15, 0.2) is 53.7 Å². The number of fused-ring (bicyclic) bond motifs is 3. The molecule has 4 rings (SSSR count). The zero-order chi connectivity index (χ0) is 24.9. The van der Waals surface area contributed by atoms with Gasteiger partial charge in [0.15, 0.2) is 11.5 Å². The number of nitrogens with zero attached hydrogens (tertiary/aromatic N) is 2. The Labute approximate surface area is 207 Å². The van der Waals surface area contributed by atoms with Gasteiger partial charge in [0.05, 0.1) is 43.0 Å². The number of hydrogen-bond acceptors (Lipinski definition) is 6. The van der Waals surface area contributed by atoms with Gasteiger partial charge in [-0.2, -0.15) is 0 Å². The molecule has 3 aromatic rings. The Hall–Kier alpha value is -3.48. The molecule has 0 spiro atoms. The van der Waals surface area contributed by atoms with Crippen LogP contribution in [0.25, 0.3) is 11.0 Å². The zero-order valence-corrected chi connectivity index (χ0v) is 21.3. The van der Waals surface area contributed by atoms with Crippen LogP contribution in [-0.2, 0) is 9.53 Å². The largest absolute Gasteiger partial charge is 0.493 e. The predicted octanol–water partition coefficient (Wildman–Crippen LogP) is 6.10. The van der Waals surface area contributed by atoms with Crippen molar-refractivity contribution in [2.45, 2.75) is 53.0 Å². The minimum Gasteiger partial charge on any atom is -0.493 e. The fourth-order valence-corrected chi connectivity index (χ4v) is 4.48. The Morgan fingerprint density at radius 3 is 2.66 bits per heavy atom. The summed E-state index contributed by atoms with van der Waals surface area (Å²) in [4.78, 5) is 18.2. The molecule has 1 N–H and O–H groups in total. The van der Waals surface area contributed by atoms with Crippen molar-refractivity contribution in [1.82, 2.24) is 9.55 Å². The van der Waals surface area contributed by atoms with E-state index in [1.807, 2.05) is 49.4 Å². The van der Waals surface area contributed by atoms with Gasteiger partial charge in [-0.3, -0.25) is 4.57 Å². The third kappa shape index (κ3) is 4.99. The van der Waals surface area contributed by atoms with Crippen LogP contribution in [0.1, 0.15) is 58.6 Å². The van der Waals surface area contributed by atoms with Gasteiger partial charge in [-0.25, -0.2) is 9.78 Å². The highest BCUT2D eigenvalue weighted by Gasteiger charge is 2.36. The number of benzene rings is 2. The monoisotopic (exact) mass is 477 g/mol. The highest BCUT2D eigenvalue weighted by Crippen LogP contribution is 2.42. The molecule has 0 aliphatic carbocycles. The van der Waals surface area contributed by atoms with Gasteiger partial charge in [0, 0.05) is 5.70 Å². The molecule has 0 saturated heterocycles. The molecule has 0 fully saturated rings. The number of imidazole rings is 1. The van der Waals surface area contributed by atoms with Crippen molar-refractivity contribution in [3.63, 3.8) is 0 Å². The first-order chi connectivity index (χ1) is 17.0. The van der Waals surface area contributed by atoms with Gasteiger partial charge >= 0.3 is 5.97 Å². The smallest absolute Gasteiger partial charge is 0.338 e. The van der Waals surface area contributed by atoms with Gasteiger partial charge in [0.2, 0.25) is 5.95 Å². The number of aromatic nitrogens is 2. The molecule has 2 heterocycles. The lowest BCUT2D eigenvalue weighted by Crippen LogP contribution is -2.29. The molecule has 0 radical (unpaired) electrons. The van der Waals surface area contributed by atoms with Crippen LogP contribution < -0.4 is 14.8 Å². The average molecular weight is 478 g/mol. The number of para-hydroxylation sites is 2. The average Bonchev–Trinajstić information content (AvgIpc) is 3.21. The van der Waals surface area contributed by atoms with Gasteiger partial charge in [0.1, 0.15) is 0 Å². The second-order valence-corrected chi connectivity index (χ2v) is 9.13. The summed E-state index contributed by atoms with van der Waals surface area (Å²) < 4.78 is 19.4. The lowest BCUT2D eigenvalue weighted by molar-refractivity contribution is -0.139. The standard InChI is InChI=1S/C28H35N3O4/c1-6-10-21-25(27(32)34-7-2)26(31-22-12-9-8-11-20(22)29-28(31)30-21)19-13-14-23(24(17-19)33-5)35-16-15-18(3)4/h8-9,11-14,17-18,26H,6-7,10,15-16H2,1-5H3,(H,29,30)/t26-/m1/s1. The van der Waals surface area contributed by atoms with E-state index in [-0.39, 0.29) is 5.97 Å². The summed E-state index contributed by atoms with van der Waals surface area (Å²) in [5.41, 5.74) is 4.14. The van der Waals surface area contributed by atoms with E-state index in [0.717, 1.165) is 35.1 Å². The Kier molecular flexibility index (Phi) is 7.63. The van der Waals surface area contributed by atoms with E-state index in [2.05, 4.69) is 30.7 Å². The van der Waals surface area contributed by atoms with Crippen LogP contribution >= 0.6 is 0 Å². The fourth-order valence-electron chi connectivity index (χ4n) is 4.48. The van der Waals surface area contributed by atoms with Crippen LogP contribution in [0, 0.1) is 5.92 Å². The number of hydrogen-bond donors (Lipinski definition) is 1. The van der Waals surface area contributed by atoms with Crippen LogP contribution in [0.2, 0.25) is 0 Å². The van der Waals surface area contributed by atoms with Crippen molar-refractivity contribution in [2.75, 3.05) is 25.6 Å². The number of rotatable bonds is 10. The number of ether oxygens (including phenoxy) is 3. The van der Waals surface area contributed by atoms with E-state index in [1.165, 1.54) is 0 Å². The Balaban J connectivity index is 1.87. The van der Waals surface area contributed by atoms with Crippen molar-refractivity contribution in [1.29, 1.82) is 0 Å². The van der Waals surface area contributed by atoms with E-state index in [1.54, 1.807) is 7.11 Å². The summed E-state index contributed by atoms with van der Waals surface area (Å²) in [6.45, 7) is 9.18. The van der Waals surface area contributed by atoms with Crippen LogP contribution in [0.5, 0.6) is 11.5 Å². The first-order valence-electron chi connectivity index (χ1n) is 12.4. The first kappa shape index (κ1) is 24.6. The maximum atomic E-state index is 13.4. The normalized spacial score (nSPS) is 15.2. The molecule has 186 valence electrons. The second-order valence-electron chi connectivity index (χ2n) is 9.13. The summed E-state index contributed by atoms with van der Waals surface area (Å²) in [7, 11) is 1.64. The highest BCUT2D eigenvalue weighted by atomic mass is 16.5. The fraction of sp³-hybridized carbons (Fsp3) is 0.429. The number of carbonyl (C=O) groups excluding carboxylic acids is 1. The quantitative estimate of drug-likeness (QED) is 0.356. The van der Waals surface area contributed by atoms with Gasteiger partial charge in [-0.15, -0.1) is 0 Å². The Bertz CT molecular complexity index is 1230. The van der Waals surface area contributed by atoms with E-state index in [4.69, 9.17) is 19.2 Å². The molecule has 0 saturated carbocycles. The van der Waals surface area contributed by atoms with Crippen LogP contribution in [-0.4, -0.2) is 35.8 Å². The number of methoxy groups -OCH3 is 1.